The van der Waals surface area contributed by atoms with Crippen molar-refractivity contribution < 1.29 is 10.2 Å². The highest BCUT2D eigenvalue weighted by Crippen LogP contribution is 1.97. The molecule has 0 saturated heterocycles. The van der Waals surface area contributed by atoms with Gasteiger partial charge in [-0.2, -0.15) is 0 Å². The largest absolute Gasteiger partial charge is 0.393 e. The van der Waals surface area contributed by atoms with Crippen LogP contribution in [0.5, 0.6) is 0 Å². The van der Waals surface area contributed by atoms with E-state index in [1.165, 1.54) is 5.01 Å². The Morgan fingerprint density at radius 1 is 1.33 bits per heavy atom. The van der Waals surface area contributed by atoms with Gasteiger partial charge in [-0.3, -0.25) is 5.01 Å². The normalized spacial score (nSPS) is 15.3. The van der Waals surface area contributed by atoms with E-state index in [2.05, 4.69) is 5.29 Å². The van der Waals surface area contributed by atoms with E-state index >= 15 is 0 Å². The molecule has 0 spiro atoms. The van der Waals surface area contributed by atoms with Gasteiger partial charge in [0, 0.05) is 6.54 Å². The van der Waals surface area contributed by atoms with Gasteiger partial charge < -0.3 is 10.2 Å². The van der Waals surface area contributed by atoms with Gasteiger partial charge in [-0.1, -0.05) is 0 Å². The van der Waals surface area contributed by atoms with E-state index in [9.17, 15) is 4.91 Å². The van der Waals surface area contributed by atoms with E-state index in [0.717, 1.165) is 0 Å². The molecule has 0 aliphatic rings. The average molecular weight is 176 g/mol. The highest BCUT2D eigenvalue weighted by molar-refractivity contribution is 4.58. The molecule has 0 bridgehead atoms. The molecule has 0 heterocycles. The van der Waals surface area contributed by atoms with Crippen molar-refractivity contribution in [2.45, 2.75) is 32.5 Å². The molecule has 0 aromatic carbocycles. The molecule has 2 atom stereocenters. The predicted octanol–water partition coefficient (Wildman–Crippen LogP) is 0.121. The summed E-state index contributed by atoms with van der Waals surface area (Å²) in [6.45, 7) is 3.83. The van der Waals surface area contributed by atoms with Crippen LogP contribution < -0.4 is 0 Å². The SMILES string of the molecule is CC(O)CCN(CC(C)O)N=O. The molecule has 0 rings (SSSR count). The summed E-state index contributed by atoms with van der Waals surface area (Å²) in [4.78, 5) is 10.1. The summed E-state index contributed by atoms with van der Waals surface area (Å²) in [5, 5.41) is 21.7. The zero-order valence-electron chi connectivity index (χ0n) is 7.47. The highest BCUT2D eigenvalue weighted by atomic mass is 16.3. The Kier molecular flexibility index (Phi) is 5.57. The van der Waals surface area contributed by atoms with E-state index < -0.39 is 12.2 Å². The summed E-state index contributed by atoms with van der Waals surface area (Å²) in [6.07, 6.45) is -0.529. The van der Waals surface area contributed by atoms with Crippen molar-refractivity contribution in [3.05, 3.63) is 4.91 Å². The first-order valence-corrected chi connectivity index (χ1v) is 4.00. The van der Waals surface area contributed by atoms with Gasteiger partial charge in [0.05, 0.1) is 24.0 Å². The van der Waals surface area contributed by atoms with Crippen LogP contribution in [0.25, 0.3) is 0 Å². The van der Waals surface area contributed by atoms with E-state index in [1.54, 1.807) is 13.8 Å². The number of nitroso groups, excluding NO2 is 1. The Bertz CT molecular complexity index is 128. The fraction of sp³-hybridized carbons (Fsp3) is 1.00. The molecule has 0 aromatic rings. The van der Waals surface area contributed by atoms with Gasteiger partial charge in [0.2, 0.25) is 0 Å². The Hall–Kier alpha value is -0.680. The lowest BCUT2D eigenvalue weighted by Gasteiger charge is -2.17. The Morgan fingerprint density at radius 2 is 1.92 bits per heavy atom. The molecule has 12 heavy (non-hydrogen) atoms. The van der Waals surface area contributed by atoms with Gasteiger partial charge in [-0.15, -0.1) is 4.91 Å². The Morgan fingerprint density at radius 3 is 2.25 bits per heavy atom. The number of rotatable bonds is 6. The molecule has 0 saturated carbocycles. The molecule has 5 nitrogen and oxygen atoms in total. The third kappa shape index (κ3) is 6.06. The summed E-state index contributed by atoms with van der Waals surface area (Å²) in [5.74, 6) is 0. The highest BCUT2D eigenvalue weighted by Gasteiger charge is 2.07. The number of hydrogen-bond donors (Lipinski definition) is 2. The van der Waals surface area contributed by atoms with E-state index in [0.29, 0.717) is 13.0 Å². The third-order valence-corrected chi connectivity index (χ3v) is 1.40. The van der Waals surface area contributed by atoms with Crippen LogP contribution in [0.3, 0.4) is 0 Å². The smallest absolute Gasteiger partial charge is 0.0704 e. The van der Waals surface area contributed by atoms with Gasteiger partial charge in [-0.05, 0) is 20.3 Å². The summed E-state index contributed by atoms with van der Waals surface area (Å²) in [6, 6.07) is 0. The second kappa shape index (κ2) is 5.91. The molecule has 2 unspecified atom stereocenters. The average Bonchev–Trinajstić information content (AvgIpc) is 1.97. The quantitative estimate of drug-likeness (QED) is 0.445. The summed E-state index contributed by atoms with van der Waals surface area (Å²) >= 11 is 0. The van der Waals surface area contributed by atoms with Crippen molar-refractivity contribution >= 4 is 0 Å². The van der Waals surface area contributed by atoms with Crippen molar-refractivity contribution in [3.63, 3.8) is 0 Å². The lowest BCUT2D eigenvalue weighted by molar-refractivity contribution is 0.108. The van der Waals surface area contributed by atoms with E-state index in [1.807, 2.05) is 0 Å². The van der Waals surface area contributed by atoms with Gasteiger partial charge in [0.25, 0.3) is 0 Å². The minimum absolute atomic E-state index is 0.218. The maximum Gasteiger partial charge on any atom is 0.0704 e. The van der Waals surface area contributed by atoms with E-state index in [-0.39, 0.29) is 6.54 Å². The Balaban J connectivity index is 3.60. The first kappa shape index (κ1) is 11.3. The lowest BCUT2D eigenvalue weighted by atomic mass is 10.3. The van der Waals surface area contributed by atoms with Crippen molar-refractivity contribution in [2.75, 3.05) is 13.1 Å². The molecular formula is C7H16N2O3. The molecule has 0 amide bonds. The van der Waals surface area contributed by atoms with Crippen molar-refractivity contribution in [2.24, 2.45) is 5.29 Å². The molecule has 0 aliphatic carbocycles. The van der Waals surface area contributed by atoms with Crippen LogP contribution in [-0.4, -0.2) is 40.5 Å². The number of nitrogens with zero attached hydrogens (tertiary/aromatic N) is 2. The van der Waals surface area contributed by atoms with Crippen molar-refractivity contribution in [1.29, 1.82) is 0 Å². The van der Waals surface area contributed by atoms with Crippen LogP contribution in [0.1, 0.15) is 20.3 Å². The van der Waals surface area contributed by atoms with Gasteiger partial charge in [-0.25, -0.2) is 0 Å². The van der Waals surface area contributed by atoms with Gasteiger partial charge in [0.15, 0.2) is 0 Å². The minimum atomic E-state index is -0.573. The molecule has 0 aromatic heterocycles. The fourth-order valence-electron chi connectivity index (χ4n) is 0.806. The molecule has 0 fully saturated rings. The molecule has 0 radical (unpaired) electrons. The maximum absolute atomic E-state index is 10.1. The fourth-order valence-corrected chi connectivity index (χ4v) is 0.806. The van der Waals surface area contributed by atoms with Crippen LogP contribution in [0.4, 0.5) is 0 Å². The predicted molar refractivity (Wildman–Crippen MR) is 45.3 cm³/mol. The van der Waals surface area contributed by atoms with Crippen molar-refractivity contribution in [1.82, 2.24) is 5.01 Å². The molecule has 72 valence electrons. The van der Waals surface area contributed by atoms with Gasteiger partial charge in [0.1, 0.15) is 0 Å². The molecular weight excluding hydrogens is 160 g/mol. The van der Waals surface area contributed by atoms with Crippen molar-refractivity contribution in [3.8, 4) is 0 Å². The zero-order valence-corrected chi connectivity index (χ0v) is 7.47. The summed E-state index contributed by atoms with van der Waals surface area (Å²) < 4.78 is 0. The maximum atomic E-state index is 10.1. The third-order valence-electron chi connectivity index (χ3n) is 1.40. The van der Waals surface area contributed by atoms with E-state index in [4.69, 9.17) is 10.2 Å². The van der Waals surface area contributed by atoms with Crippen LogP contribution in [-0.2, 0) is 0 Å². The summed E-state index contributed by atoms with van der Waals surface area (Å²) in [5.41, 5.74) is 0. The summed E-state index contributed by atoms with van der Waals surface area (Å²) in [7, 11) is 0. The first-order chi connectivity index (χ1) is 5.56. The number of aliphatic hydroxyl groups is 2. The Labute approximate surface area is 71.9 Å². The van der Waals surface area contributed by atoms with Crippen LogP contribution >= 0.6 is 0 Å². The van der Waals surface area contributed by atoms with Crippen LogP contribution in [0, 0.1) is 4.91 Å². The first-order valence-electron chi connectivity index (χ1n) is 4.00. The lowest BCUT2D eigenvalue weighted by Crippen LogP contribution is -2.28. The molecule has 5 heteroatoms. The number of aliphatic hydroxyl groups excluding tert-OH is 2. The minimum Gasteiger partial charge on any atom is -0.393 e. The standard InChI is InChI=1S/C7H16N2O3/c1-6(10)3-4-9(8-12)5-7(2)11/h6-7,10-11H,3-5H2,1-2H3. The molecule has 0 aliphatic heterocycles. The zero-order chi connectivity index (χ0) is 9.56. The van der Waals surface area contributed by atoms with Crippen LogP contribution in [0.2, 0.25) is 0 Å². The van der Waals surface area contributed by atoms with Crippen LogP contribution in [0.15, 0.2) is 5.29 Å². The number of hydrogen-bond acceptors (Lipinski definition) is 4. The topological polar surface area (TPSA) is 73.1 Å². The monoisotopic (exact) mass is 176 g/mol. The second-order valence-corrected chi connectivity index (χ2v) is 2.98. The molecule has 2 N–H and O–H groups in total. The second-order valence-electron chi connectivity index (χ2n) is 2.98. The van der Waals surface area contributed by atoms with Gasteiger partial charge >= 0.3 is 0 Å².